The molecule has 0 fully saturated rings. The van der Waals surface area contributed by atoms with Gasteiger partial charge in [0.15, 0.2) is 0 Å². The second-order valence-corrected chi connectivity index (χ2v) is 13.8. The molecule has 2 aliphatic rings. The SMILES string of the molecule is CC1(C)c2cc(-c3ccc4c(c3)c3c5ccccc5ccc3n4C3C=CC(c4ccccc4)=CN3)ccc2-c2c1ccc1ccccc21. The molecule has 1 aliphatic carbocycles. The summed E-state index contributed by atoms with van der Waals surface area (Å²) in [6, 6.07) is 51.5. The van der Waals surface area contributed by atoms with Crippen molar-refractivity contribution in [2.75, 3.05) is 0 Å². The first-order chi connectivity index (χ1) is 23.6. The van der Waals surface area contributed by atoms with Crippen molar-refractivity contribution in [3.05, 3.63) is 175 Å². The zero-order chi connectivity index (χ0) is 32.0. The van der Waals surface area contributed by atoms with Gasteiger partial charge in [-0.1, -0.05) is 135 Å². The van der Waals surface area contributed by atoms with Gasteiger partial charge in [-0.3, -0.25) is 0 Å². The molecule has 48 heavy (non-hydrogen) atoms. The van der Waals surface area contributed by atoms with Gasteiger partial charge in [0.25, 0.3) is 0 Å². The van der Waals surface area contributed by atoms with E-state index in [1.165, 1.54) is 87.9 Å². The molecule has 8 aromatic rings. The summed E-state index contributed by atoms with van der Waals surface area (Å²) in [6.07, 6.45) is 6.69. The second kappa shape index (κ2) is 10.1. The summed E-state index contributed by atoms with van der Waals surface area (Å²) in [4.78, 5) is 0. The van der Waals surface area contributed by atoms with Gasteiger partial charge in [-0.05, 0) is 96.4 Å². The Kier molecular flexibility index (Phi) is 5.72. The van der Waals surface area contributed by atoms with Crippen molar-refractivity contribution < 1.29 is 0 Å². The Bertz CT molecular complexity index is 2670. The topological polar surface area (TPSA) is 17.0 Å². The smallest absolute Gasteiger partial charge is 0.123 e. The third kappa shape index (κ3) is 3.86. The Hall–Kier alpha value is -5.86. The highest BCUT2D eigenvalue weighted by molar-refractivity contribution is 6.21. The lowest BCUT2D eigenvalue weighted by atomic mass is 9.81. The summed E-state index contributed by atoms with van der Waals surface area (Å²) < 4.78 is 2.46. The molecule has 1 unspecified atom stereocenters. The van der Waals surface area contributed by atoms with E-state index in [2.05, 4.69) is 182 Å². The summed E-state index contributed by atoms with van der Waals surface area (Å²) in [7, 11) is 0. The minimum atomic E-state index is -0.0772. The first-order valence-corrected chi connectivity index (χ1v) is 16.9. The van der Waals surface area contributed by atoms with Crippen LogP contribution in [0.3, 0.4) is 0 Å². The van der Waals surface area contributed by atoms with Crippen LogP contribution in [0.15, 0.2) is 158 Å². The van der Waals surface area contributed by atoms with Crippen LogP contribution in [0.5, 0.6) is 0 Å². The molecule has 1 atom stereocenters. The van der Waals surface area contributed by atoms with E-state index >= 15 is 0 Å². The van der Waals surface area contributed by atoms with Gasteiger partial charge in [0, 0.05) is 22.4 Å². The molecule has 0 amide bonds. The third-order valence-corrected chi connectivity index (χ3v) is 10.8. The Labute approximate surface area is 280 Å². The van der Waals surface area contributed by atoms with Crippen LogP contribution in [-0.2, 0) is 5.41 Å². The average molecular weight is 615 g/mol. The van der Waals surface area contributed by atoms with Gasteiger partial charge < -0.3 is 9.88 Å². The van der Waals surface area contributed by atoms with Crippen molar-refractivity contribution in [2.45, 2.75) is 25.4 Å². The number of hydrogen-bond acceptors (Lipinski definition) is 1. The Morgan fingerprint density at radius 1 is 0.562 bits per heavy atom. The van der Waals surface area contributed by atoms with Crippen molar-refractivity contribution >= 4 is 48.9 Å². The van der Waals surface area contributed by atoms with E-state index in [4.69, 9.17) is 0 Å². The highest BCUT2D eigenvalue weighted by Crippen LogP contribution is 2.52. The molecule has 228 valence electrons. The number of rotatable bonds is 3. The van der Waals surface area contributed by atoms with Crippen LogP contribution in [-0.4, -0.2) is 4.57 Å². The van der Waals surface area contributed by atoms with Gasteiger partial charge >= 0.3 is 0 Å². The largest absolute Gasteiger partial charge is 0.367 e. The van der Waals surface area contributed by atoms with Crippen molar-refractivity contribution in [3.8, 4) is 22.3 Å². The molecule has 1 aliphatic heterocycles. The first-order valence-electron chi connectivity index (χ1n) is 16.9. The number of aromatic nitrogens is 1. The van der Waals surface area contributed by atoms with Gasteiger partial charge in [-0.15, -0.1) is 0 Å². The molecule has 2 heterocycles. The lowest BCUT2D eigenvalue weighted by Crippen LogP contribution is -2.22. The van der Waals surface area contributed by atoms with E-state index in [1.807, 2.05) is 0 Å². The molecule has 0 saturated carbocycles. The fourth-order valence-corrected chi connectivity index (χ4v) is 8.43. The molecule has 1 N–H and O–H groups in total. The Morgan fingerprint density at radius 2 is 1.25 bits per heavy atom. The minimum Gasteiger partial charge on any atom is -0.367 e. The van der Waals surface area contributed by atoms with E-state index in [0.717, 1.165) is 0 Å². The molecule has 0 saturated heterocycles. The molecule has 10 rings (SSSR count). The molecule has 0 bridgehead atoms. The molecular weight excluding hydrogens is 581 g/mol. The number of allylic oxidation sites excluding steroid dienone is 2. The van der Waals surface area contributed by atoms with Crippen molar-refractivity contribution in [1.82, 2.24) is 9.88 Å². The fourth-order valence-electron chi connectivity index (χ4n) is 8.43. The summed E-state index contributed by atoms with van der Waals surface area (Å²) in [5.74, 6) is 0. The maximum absolute atomic E-state index is 3.72. The van der Waals surface area contributed by atoms with Gasteiger partial charge in [-0.2, -0.15) is 0 Å². The van der Waals surface area contributed by atoms with Crippen LogP contribution in [0.2, 0.25) is 0 Å². The summed E-state index contributed by atoms with van der Waals surface area (Å²) in [5.41, 5.74) is 12.8. The Balaban J connectivity index is 1.14. The van der Waals surface area contributed by atoms with Crippen LogP contribution in [0.25, 0.3) is 71.2 Å². The van der Waals surface area contributed by atoms with Crippen molar-refractivity contribution in [2.24, 2.45) is 0 Å². The van der Waals surface area contributed by atoms with Gasteiger partial charge in [-0.25, -0.2) is 0 Å². The number of hydrogen-bond donors (Lipinski definition) is 1. The third-order valence-electron chi connectivity index (χ3n) is 10.8. The van der Waals surface area contributed by atoms with Crippen LogP contribution < -0.4 is 5.32 Å². The van der Waals surface area contributed by atoms with Gasteiger partial charge in [0.1, 0.15) is 6.17 Å². The average Bonchev–Trinajstić information content (AvgIpc) is 3.60. The lowest BCUT2D eigenvalue weighted by Gasteiger charge is -2.23. The number of nitrogens with one attached hydrogen (secondary N) is 1. The van der Waals surface area contributed by atoms with E-state index < -0.39 is 0 Å². The number of dihydropyridines is 1. The molecule has 2 nitrogen and oxygen atoms in total. The molecule has 0 radical (unpaired) electrons. The predicted molar refractivity (Wildman–Crippen MR) is 203 cm³/mol. The zero-order valence-electron chi connectivity index (χ0n) is 27.0. The quantitative estimate of drug-likeness (QED) is 0.209. The molecule has 7 aromatic carbocycles. The zero-order valence-corrected chi connectivity index (χ0v) is 27.0. The maximum Gasteiger partial charge on any atom is 0.123 e. The van der Waals surface area contributed by atoms with Crippen molar-refractivity contribution in [3.63, 3.8) is 0 Å². The Morgan fingerprint density at radius 3 is 2.06 bits per heavy atom. The molecular formula is C46H34N2. The fraction of sp³-hybridized carbons (Fsp3) is 0.0870. The highest BCUT2D eigenvalue weighted by Gasteiger charge is 2.36. The lowest BCUT2D eigenvalue weighted by molar-refractivity contribution is 0.579. The second-order valence-electron chi connectivity index (χ2n) is 13.8. The summed E-state index contributed by atoms with van der Waals surface area (Å²) >= 11 is 0. The summed E-state index contributed by atoms with van der Waals surface area (Å²) in [6.45, 7) is 4.75. The van der Waals surface area contributed by atoms with E-state index in [9.17, 15) is 0 Å². The van der Waals surface area contributed by atoms with Crippen LogP contribution in [0.4, 0.5) is 0 Å². The number of nitrogens with zero attached hydrogens (tertiary/aromatic N) is 1. The predicted octanol–water partition coefficient (Wildman–Crippen LogP) is 11.8. The van der Waals surface area contributed by atoms with Crippen molar-refractivity contribution in [1.29, 1.82) is 0 Å². The van der Waals surface area contributed by atoms with Gasteiger partial charge in [0.2, 0.25) is 0 Å². The maximum atomic E-state index is 3.72. The van der Waals surface area contributed by atoms with Crippen LogP contribution >= 0.6 is 0 Å². The standard InChI is InChI=1S/C46H34N2/c1-46(2)39-22-17-30-12-6-8-14-35(30)44(39)37-21-16-33(27-40(37)46)32-19-23-41-38(26-32)45-36-15-9-7-13-31(36)18-24-42(45)48(41)43-25-20-34(28-47-43)29-10-4-3-5-11-29/h3-28,43,47H,1-2H3. The van der Waals surface area contributed by atoms with E-state index in [1.54, 1.807) is 0 Å². The molecule has 1 aromatic heterocycles. The number of benzene rings is 7. The monoisotopic (exact) mass is 614 g/mol. The molecule has 2 heteroatoms. The van der Waals surface area contributed by atoms with E-state index in [-0.39, 0.29) is 11.6 Å². The normalized spacial score (nSPS) is 16.3. The highest BCUT2D eigenvalue weighted by atomic mass is 15.2. The molecule has 0 spiro atoms. The van der Waals surface area contributed by atoms with Crippen LogP contribution in [0.1, 0.15) is 36.7 Å². The first kappa shape index (κ1) is 27.3. The summed E-state index contributed by atoms with van der Waals surface area (Å²) in [5, 5.41) is 11.5. The minimum absolute atomic E-state index is 0.00130. The van der Waals surface area contributed by atoms with Crippen LogP contribution in [0, 0.1) is 0 Å². The van der Waals surface area contributed by atoms with Gasteiger partial charge in [0.05, 0.1) is 11.0 Å². The number of fused-ring (bicyclic) bond motifs is 10. The van der Waals surface area contributed by atoms with E-state index in [0.29, 0.717) is 0 Å².